The van der Waals surface area contributed by atoms with E-state index >= 15 is 0 Å². The van der Waals surface area contributed by atoms with E-state index in [1.165, 1.54) is 49.3 Å². The number of alkyl halides is 12. The van der Waals surface area contributed by atoms with Gasteiger partial charge in [0, 0.05) is 64.4 Å². The van der Waals surface area contributed by atoms with Crippen LogP contribution in [0.1, 0.15) is 43.0 Å². The molecule has 3 aromatic heterocycles. The van der Waals surface area contributed by atoms with Crippen molar-refractivity contribution >= 4 is 35.3 Å². The zero-order valence-electron chi connectivity index (χ0n) is 30.2. The van der Waals surface area contributed by atoms with Crippen molar-refractivity contribution in [2.24, 2.45) is 5.92 Å². The summed E-state index contributed by atoms with van der Waals surface area (Å²) in [5.74, 6) is -8.84. The van der Waals surface area contributed by atoms with Gasteiger partial charge in [-0.15, -0.1) is 0 Å². The maximum absolute atomic E-state index is 10.6. The second kappa shape index (κ2) is 21.0. The SMILES string of the molecule is O=C(O)C(F)(F)F.O=C(O)C(F)(F)F.O=C(O)C(F)(F)F.O=C(O)C(F)(F)F.c1cncc(CN2CCN(CC3CC3)C(c3cn4c(N5CCCC5)cccc4n3)C2)c1. The molecular weight excluding hydrogens is 836 g/mol. The second-order valence-corrected chi connectivity index (χ2v) is 12.7. The number of rotatable bonds is 6. The zero-order chi connectivity index (χ0) is 44.9. The molecule has 0 spiro atoms. The Morgan fingerprint density at radius 3 is 1.59 bits per heavy atom. The third-order valence-electron chi connectivity index (χ3n) is 8.12. The van der Waals surface area contributed by atoms with Gasteiger partial charge in [-0.25, -0.2) is 24.2 Å². The minimum absolute atomic E-state index is 0.359. The van der Waals surface area contributed by atoms with Gasteiger partial charge in [-0.3, -0.25) is 19.2 Å². The van der Waals surface area contributed by atoms with Crippen LogP contribution in [0.4, 0.5) is 58.5 Å². The molecule has 0 aromatic carbocycles. The van der Waals surface area contributed by atoms with Crippen molar-refractivity contribution in [3.8, 4) is 0 Å². The molecule has 0 amide bonds. The second-order valence-electron chi connectivity index (χ2n) is 12.7. The number of imidazole rings is 1. The third-order valence-corrected chi connectivity index (χ3v) is 8.12. The summed E-state index contributed by atoms with van der Waals surface area (Å²) in [5, 5.41) is 28.5. The average Bonchev–Trinajstić information content (AvgIpc) is 3.57. The number of hydrogen-bond donors (Lipinski definition) is 4. The van der Waals surface area contributed by atoms with Crippen LogP contribution in [-0.4, -0.2) is 132 Å². The van der Waals surface area contributed by atoms with Crippen molar-refractivity contribution in [1.82, 2.24) is 24.2 Å². The lowest BCUT2D eigenvalue weighted by Crippen LogP contribution is -2.48. The number of aliphatic carboxylic acids is 4. The van der Waals surface area contributed by atoms with Crippen LogP contribution < -0.4 is 4.90 Å². The molecule has 0 radical (unpaired) electrons. The highest BCUT2D eigenvalue weighted by atomic mass is 19.4. The van der Waals surface area contributed by atoms with E-state index in [-0.39, 0.29) is 0 Å². The lowest BCUT2D eigenvalue weighted by Gasteiger charge is -2.41. The maximum atomic E-state index is 10.6. The molecule has 26 heteroatoms. The van der Waals surface area contributed by atoms with Crippen LogP contribution in [-0.2, 0) is 25.7 Å². The molecule has 2 aliphatic heterocycles. The van der Waals surface area contributed by atoms with Crippen molar-refractivity contribution in [2.75, 3.05) is 44.2 Å². The molecule has 1 aliphatic carbocycles. The van der Waals surface area contributed by atoms with Crippen molar-refractivity contribution < 1.29 is 92.3 Å². The minimum atomic E-state index is -5.08. The Bertz CT molecular complexity index is 1730. The van der Waals surface area contributed by atoms with Crippen molar-refractivity contribution in [3.63, 3.8) is 0 Å². The van der Waals surface area contributed by atoms with Gasteiger partial charge in [0.15, 0.2) is 0 Å². The van der Waals surface area contributed by atoms with Gasteiger partial charge in [0.1, 0.15) is 11.5 Å². The third kappa shape index (κ3) is 17.6. The smallest absolute Gasteiger partial charge is 0.475 e. The summed E-state index contributed by atoms with van der Waals surface area (Å²) in [6.07, 6.45) is -8.79. The van der Waals surface area contributed by atoms with Gasteiger partial charge >= 0.3 is 48.6 Å². The molecule has 4 N–H and O–H groups in total. The van der Waals surface area contributed by atoms with Gasteiger partial charge in [-0.2, -0.15) is 52.7 Å². The number of halogens is 12. The van der Waals surface area contributed by atoms with Crippen LogP contribution in [0.15, 0.2) is 48.9 Å². The molecular formula is C33H36F12N6O8. The Morgan fingerprint density at radius 1 is 0.678 bits per heavy atom. The highest BCUT2D eigenvalue weighted by Gasteiger charge is 2.40. The fourth-order valence-corrected chi connectivity index (χ4v) is 5.28. The number of anilines is 1. The maximum Gasteiger partial charge on any atom is 0.490 e. The summed E-state index contributed by atoms with van der Waals surface area (Å²) in [6, 6.07) is 11.2. The Kier molecular flexibility index (Phi) is 17.7. The summed E-state index contributed by atoms with van der Waals surface area (Å²) in [6.45, 7) is 7.76. The molecule has 2 saturated heterocycles. The standard InChI is InChI=1S/C25H32N6.4C2HF3O2/c1-2-12-29(11-1)25-7-3-6-24-27-22(18-31(24)25)23-19-28(16-21-5-4-10-26-15-21)13-14-30(23)17-20-8-9-20;4*3-2(4,5)1(6)7/h3-7,10,15,18,20,23H,1-2,8-9,11-14,16-17,19H2;4*(H,6,7). The van der Waals surface area contributed by atoms with Gasteiger partial charge < -0.3 is 25.3 Å². The fraction of sp³-hybridized carbons (Fsp3) is 0.515. The fourth-order valence-electron chi connectivity index (χ4n) is 5.28. The lowest BCUT2D eigenvalue weighted by molar-refractivity contribution is -0.193. The number of carbonyl (C=O) groups is 4. The van der Waals surface area contributed by atoms with E-state index < -0.39 is 48.6 Å². The monoisotopic (exact) mass is 872 g/mol. The molecule has 1 saturated carbocycles. The first-order valence-corrected chi connectivity index (χ1v) is 16.9. The van der Waals surface area contributed by atoms with Crippen molar-refractivity contribution in [3.05, 3.63) is 60.2 Å². The van der Waals surface area contributed by atoms with E-state index in [0.717, 1.165) is 50.8 Å². The van der Waals surface area contributed by atoms with Gasteiger partial charge in [0.05, 0.1) is 11.7 Å². The Labute approximate surface area is 325 Å². The quantitative estimate of drug-likeness (QED) is 0.207. The first-order valence-electron chi connectivity index (χ1n) is 16.9. The number of carboxylic acids is 4. The van der Waals surface area contributed by atoms with Gasteiger partial charge in [-0.05, 0) is 55.4 Å². The molecule has 6 rings (SSSR count). The van der Waals surface area contributed by atoms with E-state index in [0.29, 0.717) is 6.04 Å². The van der Waals surface area contributed by atoms with Crippen molar-refractivity contribution in [1.29, 1.82) is 0 Å². The van der Waals surface area contributed by atoms with Gasteiger partial charge in [-0.1, -0.05) is 12.1 Å². The zero-order valence-corrected chi connectivity index (χ0v) is 30.2. The topological polar surface area (TPSA) is 189 Å². The molecule has 3 aromatic rings. The van der Waals surface area contributed by atoms with Crippen LogP contribution in [0.25, 0.3) is 5.65 Å². The summed E-state index contributed by atoms with van der Waals surface area (Å²) in [4.78, 5) is 52.8. The number of hydrogen-bond acceptors (Lipinski definition) is 9. The predicted molar refractivity (Wildman–Crippen MR) is 178 cm³/mol. The van der Waals surface area contributed by atoms with E-state index in [2.05, 4.69) is 54.5 Å². The number of piperazine rings is 1. The van der Waals surface area contributed by atoms with Crippen LogP contribution in [0.3, 0.4) is 0 Å². The molecule has 0 bridgehead atoms. The van der Waals surface area contributed by atoms with E-state index in [1.807, 2.05) is 18.5 Å². The largest absolute Gasteiger partial charge is 0.490 e. The van der Waals surface area contributed by atoms with Crippen LogP contribution in [0.2, 0.25) is 0 Å². The Balaban J connectivity index is 0.000000349. The average molecular weight is 873 g/mol. The van der Waals surface area contributed by atoms with Crippen LogP contribution >= 0.6 is 0 Å². The predicted octanol–water partition coefficient (Wildman–Crippen LogP) is 6.13. The normalized spacial score (nSPS) is 17.5. The Morgan fingerprint density at radius 2 is 1.17 bits per heavy atom. The number of aromatic nitrogens is 3. The molecule has 1 atom stereocenters. The molecule has 3 aliphatic rings. The van der Waals surface area contributed by atoms with E-state index in [4.69, 9.17) is 44.6 Å². The number of fused-ring (bicyclic) bond motifs is 1. The first kappa shape index (κ1) is 49.7. The number of pyridine rings is 2. The van der Waals surface area contributed by atoms with Gasteiger partial charge in [0.2, 0.25) is 0 Å². The van der Waals surface area contributed by atoms with E-state index in [9.17, 15) is 52.7 Å². The number of carboxylic acid groups (broad SMARTS) is 4. The highest BCUT2D eigenvalue weighted by molar-refractivity contribution is 5.74. The lowest BCUT2D eigenvalue weighted by atomic mass is 10.1. The molecule has 59 heavy (non-hydrogen) atoms. The van der Waals surface area contributed by atoms with Gasteiger partial charge in [0.25, 0.3) is 0 Å². The molecule has 330 valence electrons. The first-order chi connectivity index (χ1) is 27.1. The van der Waals surface area contributed by atoms with E-state index in [1.54, 1.807) is 0 Å². The summed E-state index contributed by atoms with van der Waals surface area (Å²) in [7, 11) is 0. The summed E-state index contributed by atoms with van der Waals surface area (Å²) >= 11 is 0. The van der Waals surface area contributed by atoms with Crippen LogP contribution in [0, 0.1) is 5.92 Å². The molecule has 1 unspecified atom stereocenters. The molecule has 14 nitrogen and oxygen atoms in total. The van der Waals surface area contributed by atoms with Crippen molar-refractivity contribution in [2.45, 2.75) is 63.0 Å². The van der Waals surface area contributed by atoms with Crippen LogP contribution in [0.5, 0.6) is 0 Å². The molecule has 5 heterocycles. The Hall–Kier alpha value is -5.40. The summed E-state index contributed by atoms with van der Waals surface area (Å²) < 4.78 is 129. The summed E-state index contributed by atoms with van der Waals surface area (Å²) in [5.41, 5.74) is 3.60. The molecule has 3 fully saturated rings. The number of nitrogens with zero attached hydrogens (tertiary/aromatic N) is 6. The minimum Gasteiger partial charge on any atom is -0.475 e. The highest BCUT2D eigenvalue weighted by Crippen LogP contribution is 2.35.